The van der Waals surface area contributed by atoms with Crippen molar-refractivity contribution in [2.45, 2.75) is 59.3 Å². The quantitative estimate of drug-likeness (QED) is 0.498. The lowest BCUT2D eigenvalue weighted by Gasteiger charge is -2.26. The third kappa shape index (κ3) is 4.38. The Morgan fingerprint density at radius 3 is 1.71 bits per heavy atom. The highest BCUT2D eigenvalue weighted by atomic mass is 14.7. The molecule has 142 valence electrons. The molecule has 0 N–H and O–H groups in total. The van der Waals surface area contributed by atoms with Gasteiger partial charge in [-0.2, -0.15) is 0 Å². The summed E-state index contributed by atoms with van der Waals surface area (Å²) in [7, 11) is 5.81. The van der Waals surface area contributed by atoms with Gasteiger partial charge in [0.25, 0.3) is 0 Å². The third-order valence-electron chi connectivity index (χ3n) is 5.29. The molecule has 0 saturated carbocycles. The summed E-state index contributed by atoms with van der Waals surface area (Å²) in [5.74, 6) is 0. The molecule has 0 unspecified atom stereocenters. The highest BCUT2D eigenvalue weighted by Gasteiger charge is 2.21. The molecule has 1 aromatic heterocycles. The molecule has 0 spiro atoms. The van der Waals surface area contributed by atoms with Crippen molar-refractivity contribution in [1.82, 2.24) is 4.98 Å². The van der Waals surface area contributed by atoms with Crippen LogP contribution in [0, 0.1) is 6.92 Å². The van der Waals surface area contributed by atoms with Gasteiger partial charge < -0.3 is 0 Å². The molecule has 0 aliphatic heterocycles. The predicted molar refractivity (Wildman–Crippen MR) is 123 cm³/mol. The van der Waals surface area contributed by atoms with Gasteiger partial charge in [0.2, 0.25) is 0 Å². The summed E-state index contributed by atoms with van der Waals surface area (Å²) < 4.78 is 0. The van der Waals surface area contributed by atoms with Crippen LogP contribution in [0.4, 0.5) is 0 Å². The minimum absolute atomic E-state index is 0.0985. The van der Waals surface area contributed by atoms with Crippen LogP contribution in [0.15, 0.2) is 54.7 Å². The Balaban J connectivity index is 2.11. The summed E-state index contributed by atoms with van der Waals surface area (Å²) >= 11 is 0. The Hall–Kier alpha value is -2.35. The molecule has 0 saturated heterocycles. The Bertz CT molecular complexity index is 954. The van der Waals surface area contributed by atoms with E-state index >= 15 is 0 Å². The molecule has 1 heterocycles. The van der Waals surface area contributed by atoms with E-state index in [2.05, 4.69) is 72.7 Å². The molecule has 0 amide bonds. The number of aryl methyl sites for hydroxylation is 1. The first kappa shape index (κ1) is 20.4. The second-order valence-electron chi connectivity index (χ2n) is 9.81. The minimum atomic E-state index is 0.0985. The van der Waals surface area contributed by atoms with Crippen LogP contribution in [0.5, 0.6) is 0 Å². The van der Waals surface area contributed by atoms with Crippen molar-refractivity contribution >= 4 is 13.3 Å². The van der Waals surface area contributed by atoms with Crippen LogP contribution in [0.1, 0.15) is 58.2 Å². The Morgan fingerprint density at radius 1 is 0.714 bits per heavy atom. The van der Waals surface area contributed by atoms with E-state index in [-0.39, 0.29) is 10.8 Å². The van der Waals surface area contributed by atoms with Crippen LogP contribution in [-0.2, 0) is 10.8 Å². The van der Waals surface area contributed by atoms with Gasteiger partial charge in [0.05, 0.1) is 5.69 Å². The first-order valence-electron chi connectivity index (χ1n) is 9.94. The van der Waals surface area contributed by atoms with E-state index in [9.17, 15) is 0 Å². The van der Waals surface area contributed by atoms with E-state index in [0.717, 1.165) is 16.7 Å². The van der Waals surface area contributed by atoms with E-state index in [4.69, 9.17) is 12.8 Å². The zero-order valence-corrected chi connectivity index (χ0v) is 18.2. The standard InChI is InChI=1S/C26H30BN/c1-17-12-24(18-8-10-22(27)11-9-18)28-16-23(17)19-13-20(25(2,3)4)15-21(14-19)26(5,6)7/h8-16H,1-7H3. The summed E-state index contributed by atoms with van der Waals surface area (Å²) in [4.78, 5) is 4.76. The first-order chi connectivity index (χ1) is 12.9. The number of aromatic nitrogens is 1. The lowest BCUT2D eigenvalue weighted by Crippen LogP contribution is -2.16. The molecule has 2 radical (unpaired) electrons. The highest BCUT2D eigenvalue weighted by molar-refractivity contribution is 6.32. The molecule has 0 aliphatic carbocycles. The number of hydrogen-bond acceptors (Lipinski definition) is 1. The maximum absolute atomic E-state index is 5.81. The molecule has 3 aromatic rings. The molecule has 3 rings (SSSR count). The van der Waals surface area contributed by atoms with Gasteiger partial charge in [0, 0.05) is 17.3 Å². The summed E-state index contributed by atoms with van der Waals surface area (Å²) in [6, 6.07) is 17.1. The molecule has 0 atom stereocenters. The summed E-state index contributed by atoms with van der Waals surface area (Å²) in [5, 5.41) is 0. The second-order valence-corrected chi connectivity index (χ2v) is 9.81. The van der Waals surface area contributed by atoms with Crippen molar-refractivity contribution in [3.05, 3.63) is 71.4 Å². The van der Waals surface area contributed by atoms with Crippen molar-refractivity contribution in [3.63, 3.8) is 0 Å². The second kappa shape index (κ2) is 7.24. The van der Waals surface area contributed by atoms with Crippen LogP contribution in [-0.4, -0.2) is 12.8 Å². The predicted octanol–water partition coefficient (Wildman–Crippen LogP) is 6.11. The number of rotatable bonds is 2. The number of benzene rings is 2. The molecule has 2 aromatic carbocycles. The van der Waals surface area contributed by atoms with Crippen LogP contribution in [0.2, 0.25) is 0 Å². The minimum Gasteiger partial charge on any atom is -0.256 e. The van der Waals surface area contributed by atoms with Gasteiger partial charge in [0.1, 0.15) is 7.85 Å². The number of pyridine rings is 1. The Morgan fingerprint density at radius 2 is 1.25 bits per heavy atom. The van der Waals surface area contributed by atoms with Crippen molar-refractivity contribution in [2.24, 2.45) is 0 Å². The fourth-order valence-corrected chi connectivity index (χ4v) is 3.32. The Kier molecular flexibility index (Phi) is 5.27. The van der Waals surface area contributed by atoms with E-state index in [1.165, 1.54) is 27.8 Å². The van der Waals surface area contributed by atoms with Crippen LogP contribution in [0.25, 0.3) is 22.4 Å². The molecule has 1 nitrogen and oxygen atoms in total. The lowest BCUT2D eigenvalue weighted by molar-refractivity contribution is 0.569. The van der Waals surface area contributed by atoms with Gasteiger partial charge in [-0.05, 0) is 46.1 Å². The van der Waals surface area contributed by atoms with E-state index in [1.54, 1.807) is 0 Å². The summed E-state index contributed by atoms with van der Waals surface area (Å²) in [6.07, 6.45) is 2.01. The molecule has 0 aliphatic rings. The maximum atomic E-state index is 5.81. The largest absolute Gasteiger partial charge is 0.256 e. The van der Waals surface area contributed by atoms with Gasteiger partial charge in [-0.15, -0.1) is 0 Å². The number of hydrogen-bond donors (Lipinski definition) is 0. The molecule has 0 bridgehead atoms. The fourth-order valence-electron chi connectivity index (χ4n) is 3.32. The monoisotopic (exact) mass is 367 g/mol. The van der Waals surface area contributed by atoms with Crippen molar-refractivity contribution in [2.75, 3.05) is 0 Å². The molecule has 0 fully saturated rings. The average Bonchev–Trinajstić information content (AvgIpc) is 2.60. The fraction of sp³-hybridized carbons (Fsp3) is 0.346. The topological polar surface area (TPSA) is 12.9 Å². The summed E-state index contributed by atoms with van der Waals surface area (Å²) in [5.41, 5.74) is 9.41. The normalized spacial score (nSPS) is 12.2. The van der Waals surface area contributed by atoms with Crippen molar-refractivity contribution in [1.29, 1.82) is 0 Å². The molecule has 28 heavy (non-hydrogen) atoms. The molecular weight excluding hydrogens is 337 g/mol. The van der Waals surface area contributed by atoms with Gasteiger partial charge in [-0.1, -0.05) is 89.5 Å². The van der Waals surface area contributed by atoms with Gasteiger partial charge >= 0.3 is 0 Å². The first-order valence-corrected chi connectivity index (χ1v) is 9.94. The van der Waals surface area contributed by atoms with E-state index < -0.39 is 0 Å². The van der Waals surface area contributed by atoms with E-state index in [0.29, 0.717) is 0 Å². The highest BCUT2D eigenvalue weighted by Crippen LogP contribution is 2.35. The lowest BCUT2D eigenvalue weighted by atomic mass is 9.78. The van der Waals surface area contributed by atoms with Gasteiger partial charge in [0.15, 0.2) is 0 Å². The Labute approximate surface area is 171 Å². The SMILES string of the molecule is [B]c1ccc(-c2cc(C)c(-c3cc(C(C)(C)C)cc(C(C)(C)C)c3)cn2)cc1. The summed E-state index contributed by atoms with van der Waals surface area (Å²) in [6.45, 7) is 15.8. The van der Waals surface area contributed by atoms with Crippen LogP contribution < -0.4 is 5.46 Å². The van der Waals surface area contributed by atoms with E-state index in [1.807, 2.05) is 30.5 Å². The zero-order chi connectivity index (χ0) is 20.7. The average molecular weight is 367 g/mol. The molecular formula is C26H30BN. The number of nitrogens with zero attached hydrogens (tertiary/aromatic N) is 1. The van der Waals surface area contributed by atoms with Gasteiger partial charge in [-0.25, -0.2) is 0 Å². The smallest absolute Gasteiger partial charge is 0.113 e. The van der Waals surface area contributed by atoms with Gasteiger partial charge in [-0.3, -0.25) is 4.98 Å². The molecule has 2 heteroatoms. The third-order valence-corrected chi connectivity index (χ3v) is 5.29. The van der Waals surface area contributed by atoms with Crippen molar-refractivity contribution in [3.8, 4) is 22.4 Å². The maximum Gasteiger partial charge on any atom is 0.113 e. The van der Waals surface area contributed by atoms with Crippen molar-refractivity contribution < 1.29 is 0 Å². The van der Waals surface area contributed by atoms with Crippen LogP contribution in [0.3, 0.4) is 0 Å². The zero-order valence-electron chi connectivity index (χ0n) is 18.2. The van der Waals surface area contributed by atoms with Crippen LogP contribution >= 0.6 is 0 Å².